The number of hydrogen-bond donors (Lipinski definition) is 1. The Morgan fingerprint density at radius 1 is 1.11 bits per heavy atom. The fourth-order valence-electron chi connectivity index (χ4n) is 2.59. The molecule has 27 heavy (non-hydrogen) atoms. The van der Waals surface area contributed by atoms with E-state index in [1.54, 1.807) is 30.3 Å². The number of hydrogen-bond acceptors (Lipinski definition) is 4. The maximum Gasteiger partial charge on any atom is 0.280 e. The molecule has 0 aliphatic rings. The standard InChI is InChI=1S/C20H18ClN3O3/c1-12-8-9-14(10-15(12)21)22-20(26)19-17(27-3)11-18(25)24(23-19)16-7-5-4-6-13(16)2/h4-11H,1-3H3,(H,22,26). The molecule has 1 N–H and O–H groups in total. The zero-order chi connectivity index (χ0) is 19.6. The highest BCUT2D eigenvalue weighted by molar-refractivity contribution is 6.31. The van der Waals surface area contributed by atoms with Crippen LogP contribution in [0.15, 0.2) is 53.3 Å². The number of amides is 1. The van der Waals surface area contributed by atoms with Crippen molar-refractivity contribution in [2.75, 3.05) is 12.4 Å². The molecule has 3 rings (SSSR count). The minimum atomic E-state index is -0.505. The molecule has 1 amide bonds. The fraction of sp³-hybridized carbons (Fsp3) is 0.150. The number of aryl methyl sites for hydroxylation is 2. The molecular formula is C20H18ClN3O3. The summed E-state index contributed by atoms with van der Waals surface area (Å²) in [5, 5.41) is 7.52. The first-order valence-electron chi connectivity index (χ1n) is 8.22. The van der Waals surface area contributed by atoms with Crippen LogP contribution in [-0.2, 0) is 0 Å². The minimum absolute atomic E-state index is 0.00273. The number of ether oxygens (including phenoxy) is 1. The van der Waals surface area contributed by atoms with Crippen molar-refractivity contribution in [3.63, 3.8) is 0 Å². The van der Waals surface area contributed by atoms with Crippen molar-refractivity contribution in [2.45, 2.75) is 13.8 Å². The Bertz CT molecular complexity index is 1080. The summed E-state index contributed by atoms with van der Waals surface area (Å²) in [6.07, 6.45) is 0. The highest BCUT2D eigenvalue weighted by Gasteiger charge is 2.19. The lowest BCUT2D eigenvalue weighted by Gasteiger charge is -2.13. The minimum Gasteiger partial charge on any atom is -0.494 e. The van der Waals surface area contributed by atoms with Gasteiger partial charge in [0, 0.05) is 10.7 Å². The molecule has 138 valence electrons. The highest BCUT2D eigenvalue weighted by atomic mass is 35.5. The first-order chi connectivity index (χ1) is 12.9. The van der Waals surface area contributed by atoms with Crippen LogP contribution in [0.4, 0.5) is 5.69 Å². The van der Waals surface area contributed by atoms with Crippen molar-refractivity contribution in [2.24, 2.45) is 0 Å². The van der Waals surface area contributed by atoms with Crippen LogP contribution in [0, 0.1) is 13.8 Å². The van der Waals surface area contributed by atoms with Gasteiger partial charge in [-0.1, -0.05) is 35.9 Å². The molecule has 0 fully saturated rings. The van der Waals surface area contributed by atoms with Gasteiger partial charge in [-0.15, -0.1) is 0 Å². The van der Waals surface area contributed by atoms with Crippen LogP contribution in [0.5, 0.6) is 5.75 Å². The predicted octanol–water partition coefficient (Wildman–Crippen LogP) is 3.76. The molecule has 0 spiro atoms. The number of anilines is 1. The Balaban J connectivity index is 2.04. The Labute approximate surface area is 161 Å². The van der Waals surface area contributed by atoms with E-state index in [9.17, 15) is 9.59 Å². The topological polar surface area (TPSA) is 73.2 Å². The smallest absolute Gasteiger partial charge is 0.280 e. The summed E-state index contributed by atoms with van der Waals surface area (Å²) in [5.74, 6) is -0.408. The molecule has 3 aromatic rings. The number of para-hydroxylation sites is 1. The maximum atomic E-state index is 12.8. The number of nitrogens with zero attached hydrogens (tertiary/aromatic N) is 2. The molecule has 6 nitrogen and oxygen atoms in total. The van der Waals surface area contributed by atoms with Crippen molar-refractivity contribution < 1.29 is 9.53 Å². The van der Waals surface area contributed by atoms with Gasteiger partial charge in [0.15, 0.2) is 11.4 Å². The van der Waals surface area contributed by atoms with Crippen molar-refractivity contribution in [1.29, 1.82) is 0 Å². The van der Waals surface area contributed by atoms with Crippen molar-refractivity contribution in [3.8, 4) is 11.4 Å². The summed E-state index contributed by atoms with van der Waals surface area (Å²) in [4.78, 5) is 25.2. The molecule has 0 unspecified atom stereocenters. The van der Waals surface area contributed by atoms with E-state index in [1.165, 1.54) is 17.9 Å². The van der Waals surface area contributed by atoms with E-state index < -0.39 is 11.5 Å². The highest BCUT2D eigenvalue weighted by Crippen LogP contribution is 2.22. The SMILES string of the molecule is COc1cc(=O)n(-c2ccccc2C)nc1C(=O)Nc1ccc(C)c(Cl)c1. The number of methoxy groups -OCH3 is 1. The van der Waals surface area contributed by atoms with E-state index in [1.807, 2.05) is 26.0 Å². The van der Waals surface area contributed by atoms with E-state index in [0.717, 1.165) is 11.1 Å². The second kappa shape index (κ2) is 7.63. The molecule has 1 aromatic heterocycles. The van der Waals surface area contributed by atoms with Crippen LogP contribution in [0.1, 0.15) is 21.6 Å². The number of carbonyl (C=O) groups excluding carboxylic acids is 1. The molecule has 0 aliphatic heterocycles. The van der Waals surface area contributed by atoms with Crippen molar-refractivity contribution in [1.82, 2.24) is 9.78 Å². The van der Waals surface area contributed by atoms with Gasteiger partial charge < -0.3 is 10.1 Å². The van der Waals surface area contributed by atoms with Crippen LogP contribution in [0.2, 0.25) is 5.02 Å². The summed E-state index contributed by atoms with van der Waals surface area (Å²) < 4.78 is 6.38. The monoisotopic (exact) mass is 383 g/mol. The Kier molecular flexibility index (Phi) is 5.28. The summed E-state index contributed by atoms with van der Waals surface area (Å²) in [7, 11) is 1.38. The number of benzene rings is 2. The summed E-state index contributed by atoms with van der Waals surface area (Å²) in [6.45, 7) is 3.73. The molecule has 0 atom stereocenters. The predicted molar refractivity (Wildman–Crippen MR) is 105 cm³/mol. The first kappa shape index (κ1) is 18.7. The third-order valence-electron chi connectivity index (χ3n) is 4.11. The Morgan fingerprint density at radius 2 is 1.85 bits per heavy atom. The number of rotatable bonds is 4. The average Bonchev–Trinajstić information content (AvgIpc) is 2.65. The van der Waals surface area contributed by atoms with Gasteiger partial charge >= 0.3 is 0 Å². The molecule has 0 aliphatic carbocycles. The molecule has 0 radical (unpaired) electrons. The van der Waals surface area contributed by atoms with Gasteiger partial charge in [-0.05, 0) is 43.2 Å². The molecule has 7 heteroatoms. The molecule has 2 aromatic carbocycles. The van der Waals surface area contributed by atoms with E-state index in [2.05, 4.69) is 10.4 Å². The average molecular weight is 384 g/mol. The molecule has 0 bridgehead atoms. The van der Waals surface area contributed by atoms with Crippen LogP contribution < -0.4 is 15.6 Å². The molecule has 0 saturated carbocycles. The van der Waals surface area contributed by atoms with Gasteiger partial charge in [-0.2, -0.15) is 9.78 Å². The van der Waals surface area contributed by atoms with Crippen LogP contribution in [0.3, 0.4) is 0 Å². The zero-order valence-corrected chi connectivity index (χ0v) is 15.9. The van der Waals surface area contributed by atoms with E-state index in [4.69, 9.17) is 16.3 Å². The third kappa shape index (κ3) is 3.85. The lowest BCUT2D eigenvalue weighted by Crippen LogP contribution is -2.26. The van der Waals surface area contributed by atoms with Crippen LogP contribution in [0.25, 0.3) is 5.69 Å². The van der Waals surface area contributed by atoms with Crippen molar-refractivity contribution >= 4 is 23.2 Å². The van der Waals surface area contributed by atoms with E-state index >= 15 is 0 Å². The van der Waals surface area contributed by atoms with E-state index in [0.29, 0.717) is 16.4 Å². The number of aromatic nitrogens is 2. The molecule has 0 saturated heterocycles. The van der Waals surface area contributed by atoms with Gasteiger partial charge in [0.1, 0.15) is 0 Å². The van der Waals surface area contributed by atoms with Gasteiger partial charge in [0.25, 0.3) is 11.5 Å². The summed E-state index contributed by atoms with van der Waals surface area (Å²) in [6, 6.07) is 13.7. The second-order valence-corrected chi connectivity index (χ2v) is 6.42. The van der Waals surface area contributed by atoms with Gasteiger partial charge in [0.05, 0.1) is 18.9 Å². The number of carbonyl (C=O) groups is 1. The zero-order valence-electron chi connectivity index (χ0n) is 15.1. The first-order valence-corrected chi connectivity index (χ1v) is 8.60. The fourth-order valence-corrected chi connectivity index (χ4v) is 2.77. The maximum absolute atomic E-state index is 12.8. The van der Waals surface area contributed by atoms with Gasteiger partial charge in [-0.25, -0.2) is 0 Å². The Morgan fingerprint density at radius 3 is 2.52 bits per heavy atom. The van der Waals surface area contributed by atoms with Gasteiger partial charge in [0.2, 0.25) is 0 Å². The molecule has 1 heterocycles. The second-order valence-electron chi connectivity index (χ2n) is 6.02. The normalized spacial score (nSPS) is 10.5. The third-order valence-corrected chi connectivity index (χ3v) is 4.51. The lowest BCUT2D eigenvalue weighted by molar-refractivity contribution is 0.101. The van der Waals surface area contributed by atoms with E-state index in [-0.39, 0.29) is 11.4 Å². The largest absolute Gasteiger partial charge is 0.494 e. The van der Waals surface area contributed by atoms with Crippen molar-refractivity contribution in [3.05, 3.63) is 80.7 Å². The number of nitrogens with one attached hydrogen (secondary N) is 1. The molecular weight excluding hydrogens is 366 g/mol. The van der Waals surface area contributed by atoms with Crippen LogP contribution in [-0.4, -0.2) is 22.8 Å². The van der Waals surface area contributed by atoms with Crippen LogP contribution >= 0.6 is 11.6 Å². The summed E-state index contributed by atoms with van der Waals surface area (Å²) >= 11 is 6.11. The summed E-state index contributed by atoms with van der Waals surface area (Å²) in [5.41, 5.74) is 2.48. The number of halogens is 1. The Hall–Kier alpha value is -3.12. The lowest BCUT2D eigenvalue weighted by atomic mass is 10.2. The van der Waals surface area contributed by atoms with Gasteiger partial charge in [-0.3, -0.25) is 9.59 Å². The quantitative estimate of drug-likeness (QED) is 0.744.